The van der Waals surface area contributed by atoms with E-state index < -0.39 is 0 Å². The van der Waals surface area contributed by atoms with E-state index in [0.717, 1.165) is 18.2 Å². The highest BCUT2D eigenvalue weighted by atomic mass is 16.5. The summed E-state index contributed by atoms with van der Waals surface area (Å²) in [5.74, 6) is 1.78. The molecule has 1 atom stereocenters. The molecular formula is C18H25NO. The van der Waals surface area contributed by atoms with Gasteiger partial charge in [-0.05, 0) is 68.7 Å². The number of nitrogens with one attached hydrogen (secondary N) is 1. The molecule has 108 valence electrons. The molecule has 2 nitrogen and oxygen atoms in total. The number of ether oxygens (including phenoxy) is 1. The summed E-state index contributed by atoms with van der Waals surface area (Å²) in [6, 6.07) is 9.10. The molecule has 0 heterocycles. The first kappa shape index (κ1) is 13.7. The van der Waals surface area contributed by atoms with E-state index in [1.807, 2.05) is 0 Å². The molecule has 0 radical (unpaired) electrons. The summed E-state index contributed by atoms with van der Waals surface area (Å²) < 4.78 is 5.25. The fourth-order valence-electron chi connectivity index (χ4n) is 3.15. The van der Waals surface area contributed by atoms with Gasteiger partial charge in [-0.2, -0.15) is 0 Å². The first-order valence-corrected chi connectivity index (χ1v) is 7.92. The van der Waals surface area contributed by atoms with Crippen LogP contribution in [0.4, 0.5) is 0 Å². The van der Waals surface area contributed by atoms with Crippen LogP contribution in [0.3, 0.4) is 0 Å². The van der Waals surface area contributed by atoms with Crippen molar-refractivity contribution in [3.8, 4) is 5.75 Å². The van der Waals surface area contributed by atoms with Crippen molar-refractivity contribution in [2.24, 2.45) is 5.92 Å². The number of benzene rings is 1. The van der Waals surface area contributed by atoms with Crippen molar-refractivity contribution in [3.63, 3.8) is 0 Å². The quantitative estimate of drug-likeness (QED) is 0.749. The predicted octanol–water partition coefficient (Wildman–Crippen LogP) is 4.24. The molecule has 1 saturated carbocycles. The Morgan fingerprint density at radius 2 is 2.05 bits per heavy atom. The number of rotatable bonds is 7. The fraction of sp³-hybridized carbons (Fsp3) is 0.556. The lowest BCUT2D eigenvalue weighted by Crippen LogP contribution is -2.24. The van der Waals surface area contributed by atoms with E-state index in [-0.39, 0.29) is 0 Å². The maximum atomic E-state index is 5.25. The molecule has 2 aliphatic rings. The van der Waals surface area contributed by atoms with Crippen LogP contribution in [0.1, 0.15) is 50.1 Å². The molecular weight excluding hydrogens is 246 g/mol. The van der Waals surface area contributed by atoms with Crippen molar-refractivity contribution in [1.82, 2.24) is 5.32 Å². The monoisotopic (exact) mass is 271 g/mol. The van der Waals surface area contributed by atoms with E-state index in [2.05, 4.69) is 35.7 Å². The van der Waals surface area contributed by atoms with Gasteiger partial charge in [0.2, 0.25) is 0 Å². The van der Waals surface area contributed by atoms with E-state index in [1.165, 1.54) is 44.1 Å². The minimum Gasteiger partial charge on any atom is -0.497 e. The van der Waals surface area contributed by atoms with Gasteiger partial charge in [0.15, 0.2) is 0 Å². The average molecular weight is 271 g/mol. The van der Waals surface area contributed by atoms with Gasteiger partial charge in [-0.3, -0.25) is 0 Å². The Labute approximate surface area is 122 Å². The standard InChI is InChI=1S/C18H25NO/c1-20-17-10-8-16(9-11-17)18(15-6-7-15)19-13-12-14-4-2-3-5-14/h4,8-11,15,18-19H,2-3,5-7,12-13H2,1H3. The molecule has 20 heavy (non-hydrogen) atoms. The molecule has 3 rings (SSSR count). The van der Waals surface area contributed by atoms with Crippen LogP contribution in [0.25, 0.3) is 0 Å². The van der Waals surface area contributed by atoms with E-state index in [1.54, 1.807) is 12.7 Å². The molecule has 1 unspecified atom stereocenters. The summed E-state index contributed by atoms with van der Waals surface area (Å²) in [6.45, 7) is 1.11. The Bertz CT molecular complexity index is 459. The third-order valence-corrected chi connectivity index (χ3v) is 4.51. The maximum absolute atomic E-state index is 5.25. The predicted molar refractivity (Wildman–Crippen MR) is 83.0 cm³/mol. The van der Waals surface area contributed by atoms with Crippen LogP contribution < -0.4 is 10.1 Å². The lowest BCUT2D eigenvalue weighted by Gasteiger charge is -2.19. The van der Waals surface area contributed by atoms with Gasteiger partial charge in [0.25, 0.3) is 0 Å². The number of hydrogen-bond donors (Lipinski definition) is 1. The van der Waals surface area contributed by atoms with Crippen LogP contribution >= 0.6 is 0 Å². The first-order chi connectivity index (χ1) is 9.86. The molecule has 0 aliphatic heterocycles. The van der Waals surface area contributed by atoms with E-state index in [4.69, 9.17) is 4.74 Å². The average Bonchev–Trinajstić information content (AvgIpc) is 3.20. The summed E-state index contributed by atoms with van der Waals surface area (Å²) >= 11 is 0. The van der Waals surface area contributed by atoms with Crippen LogP contribution in [-0.4, -0.2) is 13.7 Å². The van der Waals surface area contributed by atoms with E-state index in [9.17, 15) is 0 Å². The van der Waals surface area contributed by atoms with Crippen LogP contribution in [0.5, 0.6) is 5.75 Å². The first-order valence-electron chi connectivity index (χ1n) is 7.92. The number of allylic oxidation sites excluding steroid dienone is 1. The molecule has 2 aliphatic carbocycles. The van der Waals surface area contributed by atoms with Gasteiger partial charge in [0.05, 0.1) is 7.11 Å². The zero-order chi connectivity index (χ0) is 13.8. The summed E-state index contributed by atoms with van der Waals surface area (Å²) in [4.78, 5) is 0. The van der Waals surface area contributed by atoms with E-state index in [0.29, 0.717) is 6.04 Å². The molecule has 0 aromatic heterocycles. The lowest BCUT2D eigenvalue weighted by atomic mass is 10.0. The van der Waals surface area contributed by atoms with Crippen LogP contribution in [0.15, 0.2) is 35.9 Å². The largest absolute Gasteiger partial charge is 0.497 e. The highest BCUT2D eigenvalue weighted by Gasteiger charge is 2.31. The van der Waals surface area contributed by atoms with Crippen molar-refractivity contribution in [2.75, 3.05) is 13.7 Å². The second-order valence-electron chi connectivity index (χ2n) is 6.05. The number of methoxy groups -OCH3 is 1. The zero-order valence-electron chi connectivity index (χ0n) is 12.4. The van der Waals surface area contributed by atoms with Crippen molar-refractivity contribution >= 4 is 0 Å². The van der Waals surface area contributed by atoms with Gasteiger partial charge in [-0.15, -0.1) is 0 Å². The zero-order valence-corrected chi connectivity index (χ0v) is 12.4. The third-order valence-electron chi connectivity index (χ3n) is 4.51. The van der Waals surface area contributed by atoms with Crippen LogP contribution in [0.2, 0.25) is 0 Å². The SMILES string of the molecule is COc1ccc(C(NCCC2=CCCC2)C2CC2)cc1. The smallest absolute Gasteiger partial charge is 0.118 e. The molecule has 0 saturated heterocycles. The molecule has 0 spiro atoms. The summed E-state index contributed by atoms with van der Waals surface area (Å²) in [6.07, 6.45) is 10.4. The Morgan fingerprint density at radius 1 is 1.25 bits per heavy atom. The second kappa shape index (κ2) is 6.45. The Hall–Kier alpha value is -1.28. The topological polar surface area (TPSA) is 21.3 Å². The molecule has 1 N–H and O–H groups in total. The van der Waals surface area contributed by atoms with Gasteiger partial charge >= 0.3 is 0 Å². The van der Waals surface area contributed by atoms with Crippen molar-refractivity contribution < 1.29 is 4.74 Å². The van der Waals surface area contributed by atoms with Crippen LogP contribution in [0, 0.1) is 5.92 Å². The van der Waals surface area contributed by atoms with Gasteiger partial charge < -0.3 is 10.1 Å². The summed E-state index contributed by atoms with van der Waals surface area (Å²) in [7, 11) is 1.72. The fourth-order valence-corrected chi connectivity index (χ4v) is 3.15. The number of hydrogen-bond acceptors (Lipinski definition) is 2. The minimum atomic E-state index is 0.530. The molecule has 0 amide bonds. The highest BCUT2D eigenvalue weighted by molar-refractivity contribution is 5.30. The Morgan fingerprint density at radius 3 is 2.65 bits per heavy atom. The Balaban J connectivity index is 1.57. The normalized spacial score (nSPS) is 19.8. The van der Waals surface area contributed by atoms with Gasteiger partial charge in [0, 0.05) is 6.04 Å². The van der Waals surface area contributed by atoms with Gasteiger partial charge in [0.1, 0.15) is 5.75 Å². The highest BCUT2D eigenvalue weighted by Crippen LogP contribution is 2.41. The molecule has 1 aromatic rings. The van der Waals surface area contributed by atoms with E-state index >= 15 is 0 Å². The minimum absolute atomic E-state index is 0.530. The second-order valence-corrected chi connectivity index (χ2v) is 6.05. The maximum Gasteiger partial charge on any atom is 0.118 e. The van der Waals surface area contributed by atoms with Crippen molar-refractivity contribution in [1.29, 1.82) is 0 Å². The third kappa shape index (κ3) is 3.43. The molecule has 0 bridgehead atoms. The molecule has 1 aromatic carbocycles. The van der Waals surface area contributed by atoms with Gasteiger partial charge in [-0.1, -0.05) is 23.8 Å². The molecule has 1 fully saturated rings. The van der Waals surface area contributed by atoms with Crippen molar-refractivity contribution in [3.05, 3.63) is 41.5 Å². The van der Waals surface area contributed by atoms with Crippen LogP contribution in [-0.2, 0) is 0 Å². The Kier molecular flexibility index (Phi) is 4.41. The lowest BCUT2D eigenvalue weighted by molar-refractivity contribution is 0.413. The summed E-state index contributed by atoms with van der Waals surface area (Å²) in [5, 5.41) is 3.78. The van der Waals surface area contributed by atoms with Gasteiger partial charge in [-0.25, -0.2) is 0 Å². The summed E-state index contributed by atoms with van der Waals surface area (Å²) in [5.41, 5.74) is 3.07. The van der Waals surface area contributed by atoms with Crippen molar-refractivity contribution in [2.45, 2.75) is 44.6 Å². The molecule has 2 heteroatoms.